The van der Waals surface area contributed by atoms with Crippen LogP contribution in [0, 0.1) is 11.8 Å². The Morgan fingerprint density at radius 3 is 2.89 bits per heavy atom. The molecule has 4 atom stereocenters. The summed E-state index contributed by atoms with van der Waals surface area (Å²) in [6, 6.07) is 4.12. The Morgan fingerprint density at radius 2 is 2.26 bits per heavy atom. The Morgan fingerprint density at radius 1 is 1.53 bits per heavy atom. The molecule has 1 fully saturated rings. The Kier molecular flexibility index (Phi) is 3.29. The molecule has 0 radical (unpaired) electrons. The molecule has 0 amide bonds. The van der Waals surface area contributed by atoms with E-state index in [1.165, 1.54) is 5.56 Å². The zero-order valence-corrected chi connectivity index (χ0v) is 13.5. The molecule has 0 saturated carbocycles. The molecule has 4 unspecified atom stereocenters. The SMILES string of the molecule is CC(C)C1C2c3cccnc3NC2N(C)C1C(=O)I. The minimum atomic E-state index is -0.00328. The third-order valence-electron chi connectivity index (χ3n) is 4.48. The Bertz CT molecular complexity index is 519. The number of likely N-dealkylation sites (tertiary alicyclic amines) is 1. The number of nitrogens with one attached hydrogen (secondary N) is 1. The highest BCUT2D eigenvalue weighted by Crippen LogP contribution is 2.51. The van der Waals surface area contributed by atoms with Gasteiger partial charge < -0.3 is 5.32 Å². The van der Waals surface area contributed by atoms with E-state index in [1.54, 1.807) is 0 Å². The van der Waals surface area contributed by atoms with Crippen molar-refractivity contribution < 1.29 is 4.79 Å². The summed E-state index contributed by atoms with van der Waals surface area (Å²) in [4.78, 5) is 18.6. The van der Waals surface area contributed by atoms with E-state index in [0.29, 0.717) is 17.8 Å². The van der Waals surface area contributed by atoms with Crippen molar-refractivity contribution in [2.24, 2.45) is 11.8 Å². The van der Waals surface area contributed by atoms with E-state index in [0.717, 1.165) is 5.82 Å². The van der Waals surface area contributed by atoms with Crippen LogP contribution in [-0.4, -0.2) is 32.9 Å². The molecule has 1 N–H and O–H groups in total. The van der Waals surface area contributed by atoms with Crippen LogP contribution in [0.4, 0.5) is 5.82 Å². The predicted molar refractivity (Wildman–Crippen MR) is 83.3 cm³/mol. The van der Waals surface area contributed by atoms with E-state index in [1.807, 2.05) is 41.9 Å². The quantitative estimate of drug-likeness (QED) is 0.641. The van der Waals surface area contributed by atoms with Crippen LogP contribution in [-0.2, 0) is 4.79 Å². The summed E-state index contributed by atoms with van der Waals surface area (Å²) in [6.07, 6.45) is 2.01. The van der Waals surface area contributed by atoms with Gasteiger partial charge in [-0.25, -0.2) is 4.98 Å². The number of carbonyl (C=O) groups excluding carboxylic acids is 1. The summed E-state index contributed by atoms with van der Waals surface area (Å²) in [7, 11) is 2.04. The second kappa shape index (κ2) is 4.70. The van der Waals surface area contributed by atoms with Crippen molar-refractivity contribution in [2.75, 3.05) is 12.4 Å². The summed E-state index contributed by atoms with van der Waals surface area (Å²) < 4.78 is 0.237. The number of hydrogen-bond acceptors (Lipinski definition) is 4. The summed E-state index contributed by atoms with van der Waals surface area (Å²) in [5, 5.41) is 3.48. The smallest absolute Gasteiger partial charge is 0.209 e. The first-order valence-electron chi connectivity index (χ1n) is 6.65. The normalized spacial score (nSPS) is 33.1. The van der Waals surface area contributed by atoms with E-state index in [-0.39, 0.29) is 16.0 Å². The monoisotopic (exact) mass is 371 g/mol. The first-order chi connectivity index (χ1) is 9.02. The lowest BCUT2D eigenvalue weighted by Gasteiger charge is -2.27. The number of fused-ring (bicyclic) bond motifs is 3. The lowest BCUT2D eigenvalue weighted by Crippen LogP contribution is -2.41. The number of aromatic nitrogens is 1. The van der Waals surface area contributed by atoms with Crippen LogP contribution in [0.5, 0.6) is 0 Å². The van der Waals surface area contributed by atoms with Crippen LogP contribution in [0.1, 0.15) is 25.3 Å². The van der Waals surface area contributed by atoms with Crippen molar-refractivity contribution in [3.63, 3.8) is 0 Å². The van der Waals surface area contributed by atoms with Gasteiger partial charge in [-0.15, -0.1) is 0 Å². The summed E-state index contributed by atoms with van der Waals surface area (Å²) >= 11 is 1.94. The summed E-state index contributed by atoms with van der Waals surface area (Å²) in [5.74, 6) is 2.15. The topological polar surface area (TPSA) is 45.2 Å². The number of pyridine rings is 1. The number of nitrogens with zero attached hydrogens (tertiary/aromatic N) is 2. The number of carbonyl (C=O) groups is 1. The average molecular weight is 371 g/mol. The van der Waals surface area contributed by atoms with Crippen molar-refractivity contribution >= 4 is 32.2 Å². The zero-order valence-electron chi connectivity index (χ0n) is 11.3. The Labute approximate surface area is 127 Å². The second-order valence-corrected chi connectivity index (χ2v) is 6.86. The highest BCUT2D eigenvalue weighted by atomic mass is 127. The van der Waals surface area contributed by atoms with Crippen LogP contribution in [0.3, 0.4) is 0 Å². The van der Waals surface area contributed by atoms with Gasteiger partial charge in [-0.2, -0.15) is 0 Å². The maximum atomic E-state index is 12.0. The van der Waals surface area contributed by atoms with Crippen LogP contribution in [0.25, 0.3) is 0 Å². The Hall–Kier alpha value is -0.690. The van der Waals surface area contributed by atoms with Gasteiger partial charge in [0.05, 0.1) is 12.2 Å². The fraction of sp³-hybridized carbons (Fsp3) is 0.571. The van der Waals surface area contributed by atoms with Crippen LogP contribution in [0.15, 0.2) is 18.3 Å². The van der Waals surface area contributed by atoms with Crippen LogP contribution in [0.2, 0.25) is 0 Å². The minimum absolute atomic E-state index is 0.00328. The van der Waals surface area contributed by atoms with Crippen LogP contribution >= 0.6 is 22.6 Å². The third kappa shape index (κ3) is 1.89. The first kappa shape index (κ1) is 13.3. The molecule has 0 aliphatic carbocycles. The van der Waals surface area contributed by atoms with Crippen molar-refractivity contribution in [2.45, 2.75) is 32.0 Å². The standard InChI is InChI=1S/C14H18IN3O/c1-7(2)9-10-8-5-4-6-16-13(8)17-14(10)18(3)11(9)12(15)19/h4-7,9-11,14H,1-3H3,(H,16,17). The summed E-state index contributed by atoms with van der Waals surface area (Å²) in [5.41, 5.74) is 1.26. The van der Waals surface area contributed by atoms with Crippen molar-refractivity contribution in [3.8, 4) is 0 Å². The molecule has 1 saturated heterocycles. The first-order valence-corrected chi connectivity index (χ1v) is 7.73. The Balaban J connectivity index is 2.07. The number of rotatable bonds is 2. The molecule has 2 aliphatic heterocycles. The number of hydrogen-bond donors (Lipinski definition) is 1. The average Bonchev–Trinajstić information content (AvgIpc) is 2.85. The van der Waals surface area contributed by atoms with Crippen molar-refractivity contribution in [1.82, 2.24) is 9.88 Å². The highest BCUT2D eigenvalue weighted by molar-refractivity contribution is 14.1. The molecular formula is C14H18IN3O. The van der Waals surface area contributed by atoms with Gasteiger partial charge in [-0.1, -0.05) is 19.9 Å². The zero-order chi connectivity index (χ0) is 13.7. The molecule has 1 aromatic rings. The molecule has 19 heavy (non-hydrogen) atoms. The largest absolute Gasteiger partial charge is 0.354 e. The van der Waals surface area contributed by atoms with Gasteiger partial charge in [0.25, 0.3) is 0 Å². The van der Waals surface area contributed by atoms with Gasteiger partial charge in [0.2, 0.25) is 3.79 Å². The van der Waals surface area contributed by atoms with E-state index in [9.17, 15) is 4.79 Å². The molecule has 2 aliphatic rings. The molecule has 3 heterocycles. The fourth-order valence-corrected chi connectivity index (χ4v) is 4.57. The van der Waals surface area contributed by atoms with E-state index < -0.39 is 0 Å². The maximum absolute atomic E-state index is 12.0. The number of anilines is 1. The number of likely N-dealkylation sites (N-methyl/N-ethyl adjacent to an activating group) is 1. The molecule has 0 spiro atoms. The molecular weight excluding hydrogens is 353 g/mol. The van der Waals surface area contributed by atoms with Gasteiger partial charge in [0.15, 0.2) is 0 Å². The molecule has 0 aromatic carbocycles. The van der Waals surface area contributed by atoms with E-state index in [2.05, 4.69) is 35.1 Å². The summed E-state index contributed by atoms with van der Waals surface area (Å²) in [6.45, 7) is 4.42. The molecule has 1 aromatic heterocycles. The predicted octanol–water partition coefficient (Wildman–Crippen LogP) is 2.46. The van der Waals surface area contributed by atoms with Gasteiger partial charge in [0.1, 0.15) is 5.82 Å². The molecule has 0 bridgehead atoms. The van der Waals surface area contributed by atoms with Crippen molar-refractivity contribution in [1.29, 1.82) is 0 Å². The van der Waals surface area contributed by atoms with Gasteiger partial charge >= 0.3 is 0 Å². The lowest BCUT2D eigenvalue weighted by molar-refractivity contribution is -0.114. The maximum Gasteiger partial charge on any atom is 0.209 e. The number of halogens is 1. The van der Waals surface area contributed by atoms with Gasteiger partial charge in [-0.05, 0) is 24.9 Å². The van der Waals surface area contributed by atoms with E-state index >= 15 is 0 Å². The molecule has 3 rings (SSSR count). The van der Waals surface area contributed by atoms with Gasteiger partial charge in [-0.3, -0.25) is 9.69 Å². The lowest BCUT2D eigenvalue weighted by atomic mass is 9.79. The van der Waals surface area contributed by atoms with Crippen LogP contribution < -0.4 is 5.32 Å². The minimum Gasteiger partial charge on any atom is -0.354 e. The van der Waals surface area contributed by atoms with Crippen molar-refractivity contribution in [3.05, 3.63) is 23.9 Å². The highest BCUT2D eigenvalue weighted by Gasteiger charge is 2.54. The molecule has 4 nitrogen and oxygen atoms in total. The molecule has 102 valence electrons. The third-order valence-corrected chi connectivity index (χ3v) is 5.12. The van der Waals surface area contributed by atoms with Gasteiger partial charge in [0, 0.05) is 40.3 Å². The second-order valence-electron chi connectivity index (χ2n) is 5.79. The molecule has 5 heteroatoms. The van der Waals surface area contributed by atoms with E-state index in [4.69, 9.17) is 0 Å². The fourth-order valence-electron chi connectivity index (χ4n) is 3.71.